The van der Waals surface area contributed by atoms with Crippen LogP contribution in [0.5, 0.6) is 5.75 Å². The molecule has 162 valence electrons. The van der Waals surface area contributed by atoms with Crippen molar-refractivity contribution in [2.24, 2.45) is 0 Å². The minimum atomic E-state index is -2.76. The van der Waals surface area contributed by atoms with Gasteiger partial charge < -0.3 is 15.2 Å². The van der Waals surface area contributed by atoms with Gasteiger partial charge in [0.05, 0.1) is 11.0 Å². The van der Waals surface area contributed by atoms with E-state index in [-0.39, 0.29) is 17.1 Å². The quantitative estimate of drug-likeness (QED) is 0.433. The van der Waals surface area contributed by atoms with E-state index in [9.17, 15) is 18.4 Å². The largest absolute Gasteiger partial charge is 0.482 e. The number of para-hydroxylation sites is 2. The molecule has 0 aliphatic heterocycles. The first-order valence-corrected chi connectivity index (χ1v) is 9.54. The Labute approximate surface area is 180 Å². The van der Waals surface area contributed by atoms with E-state index in [0.717, 1.165) is 4.57 Å². The number of hydrogen-bond acceptors (Lipinski definition) is 4. The van der Waals surface area contributed by atoms with Crippen LogP contribution in [0.3, 0.4) is 0 Å². The average molecular weight is 437 g/mol. The number of ether oxygens (including phenoxy) is 1. The van der Waals surface area contributed by atoms with E-state index in [1.807, 2.05) is 0 Å². The molecule has 32 heavy (non-hydrogen) atoms. The van der Waals surface area contributed by atoms with Crippen LogP contribution in [-0.2, 0) is 4.79 Å². The normalized spacial score (nSPS) is 11.0. The highest BCUT2D eigenvalue weighted by Crippen LogP contribution is 2.30. The highest BCUT2D eigenvalue weighted by molar-refractivity contribution is 6.04. The number of carbonyl (C=O) groups is 2. The van der Waals surface area contributed by atoms with Crippen molar-refractivity contribution in [1.82, 2.24) is 9.55 Å². The Morgan fingerprint density at radius 1 is 1.03 bits per heavy atom. The summed E-state index contributed by atoms with van der Waals surface area (Å²) in [6, 6.07) is 19.1. The number of carboxylic acids is 1. The molecule has 1 heterocycles. The van der Waals surface area contributed by atoms with E-state index in [1.165, 1.54) is 6.07 Å². The Hall–Kier alpha value is -4.27. The Balaban J connectivity index is 1.53. The molecule has 0 radical (unpaired) electrons. The maximum Gasteiger partial charge on any atom is 0.341 e. The summed E-state index contributed by atoms with van der Waals surface area (Å²) in [4.78, 5) is 27.5. The van der Waals surface area contributed by atoms with Crippen molar-refractivity contribution in [3.8, 4) is 17.1 Å². The number of halogens is 2. The van der Waals surface area contributed by atoms with Crippen molar-refractivity contribution < 1.29 is 28.2 Å². The number of carbonyl (C=O) groups excluding carboxylic acids is 1. The molecule has 0 saturated carbocycles. The van der Waals surface area contributed by atoms with Crippen LogP contribution in [0.2, 0.25) is 0 Å². The van der Waals surface area contributed by atoms with Crippen LogP contribution in [0.15, 0.2) is 72.8 Å². The molecule has 0 atom stereocenters. The zero-order chi connectivity index (χ0) is 22.7. The maximum absolute atomic E-state index is 13.7. The highest BCUT2D eigenvalue weighted by atomic mass is 19.3. The predicted molar refractivity (Wildman–Crippen MR) is 114 cm³/mol. The van der Waals surface area contributed by atoms with Gasteiger partial charge in [0.15, 0.2) is 6.61 Å². The van der Waals surface area contributed by atoms with E-state index < -0.39 is 25.0 Å². The van der Waals surface area contributed by atoms with E-state index in [4.69, 9.17) is 9.84 Å². The van der Waals surface area contributed by atoms with Crippen LogP contribution in [-0.4, -0.2) is 33.1 Å². The van der Waals surface area contributed by atoms with Gasteiger partial charge in [0.2, 0.25) is 0 Å². The average Bonchev–Trinajstić information content (AvgIpc) is 3.18. The third-order valence-electron chi connectivity index (χ3n) is 4.65. The minimum Gasteiger partial charge on any atom is -0.482 e. The van der Waals surface area contributed by atoms with Gasteiger partial charge >= 0.3 is 12.5 Å². The smallest absolute Gasteiger partial charge is 0.341 e. The fourth-order valence-corrected chi connectivity index (χ4v) is 3.22. The highest BCUT2D eigenvalue weighted by Gasteiger charge is 2.19. The molecule has 0 aliphatic rings. The summed E-state index contributed by atoms with van der Waals surface area (Å²) in [6.07, 6.45) is 0. The van der Waals surface area contributed by atoms with Crippen molar-refractivity contribution in [1.29, 1.82) is 0 Å². The second-order valence-electron chi connectivity index (χ2n) is 6.81. The van der Waals surface area contributed by atoms with E-state index in [1.54, 1.807) is 66.7 Å². The lowest BCUT2D eigenvalue weighted by Crippen LogP contribution is -2.13. The molecular weight excluding hydrogens is 420 g/mol. The summed E-state index contributed by atoms with van der Waals surface area (Å²) in [5.41, 5.74) is 2.00. The lowest BCUT2D eigenvalue weighted by Gasteiger charge is -2.10. The minimum absolute atomic E-state index is 0.127. The monoisotopic (exact) mass is 437 g/mol. The van der Waals surface area contributed by atoms with Crippen LogP contribution in [0.4, 0.5) is 14.5 Å². The topological polar surface area (TPSA) is 93.4 Å². The second-order valence-corrected chi connectivity index (χ2v) is 6.81. The molecule has 4 rings (SSSR count). The third kappa shape index (κ3) is 4.41. The van der Waals surface area contributed by atoms with Crippen molar-refractivity contribution in [3.05, 3.63) is 78.4 Å². The molecule has 9 heteroatoms. The summed E-state index contributed by atoms with van der Waals surface area (Å²) < 4.78 is 33.3. The van der Waals surface area contributed by atoms with Crippen LogP contribution >= 0.6 is 0 Å². The molecule has 7 nitrogen and oxygen atoms in total. The molecule has 0 aliphatic carbocycles. The number of aliphatic carboxylic acids is 1. The first-order chi connectivity index (χ1) is 15.4. The van der Waals surface area contributed by atoms with Gasteiger partial charge in [-0.05, 0) is 54.6 Å². The van der Waals surface area contributed by atoms with Crippen LogP contribution < -0.4 is 10.1 Å². The Kier molecular flexibility index (Phi) is 5.80. The van der Waals surface area contributed by atoms with Crippen molar-refractivity contribution in [2.45, 2.75) is 6.55 Å². The fourth-order valence-electron chi connectivity index (χ4n) is 3.22. The third-order valence-corrected chi connectivity index (χ3v) is 4.65. The van der Waals surface area contributed by atoms with Gasteiger partial charge in [-0.1, -0.05) is 18.2 Å². The number of nitrogens with zero attached hydrogens (tertiary/aromatic N) is 2. The number of carboxylic acid groups (broad SMARTS) is 1. The lowest BCUT2D eigenvalue weighted by atomic mass is 10.1. The number of hydrogen-bond donors (Lipinski definition) is 2. The number of aromatic nitrogens is 2. The first kappa shape index (κ1) is 21.0. The zero-order valence-corrected chi connectivity index (χ0v) is 16.5. The molecule has 3 aromatic carbocycles. The first-order valence-electron chi connectivity index (χ1n) is 9.54. The van der Waals surface area contributed by atoms with Crippen LogP contribution in [0, 0.1) is 0 Å². The van der Waals surface area contributed by atoms with Crippen LogP contribution in [0.25, 0.3) is 22.4 Å². The number of alkyl halides is 2. The Morgan fingerprint density at radius 2 is 1.78 bits per heavy atom. The van der Waals surface area contributed by atoms with Gasteiger partial charge in [-0.25, -0.2) is 9.78 Å². The predicted octanol–water partition coefficient (Wildman–Crippen LogP) is 4.81. The summed E-state index contributed by atoms with van der Waals surface area (Å²) in [5.74, 6) is -1.18. The van der Waals surface area contributed by atoms with Gasteiger partial charge in [-0.3, -0.25) is 9.36 Å². The van der Waals surface area contributed by atoms with Crippen molar-refractivity contribution in [2.75, 3.05) is 11.9 Å². The fraction of sp³-hybridized carbons (Fsp3) is 0.0870. The lowest BCUT2D eigenvalue weighted by molar-refractivity contribution is -0.139. The molecule has 0 unspecified atom stereocenters. The van der Waals surface area contributed by atoms with E-state index in [0.29, 0.717) is 22.3 Å². The Morgan fingerprint density at radius 3 is 2.50 bits per heavy atom. The van der Waals surface area contributed by atoms with Crippen molar-refractivity contribution in [3.63, 3.8) is 0 Å². The number of fused-ring (bicyclic) bond motifs is 1. The van der Waals surface area contributed by atoms with Crippen molar-refractivity contribution >= 4 is 28.6 Å². The summed E-state index contributed by atoms with van der Waals surface area (Å²) in [6.45, 7) is -3.27. The molecule has 4 aromatic rings. The van der Waals surface area contributed by atoms with E-state index >= 15 is 0 Å². The second kappa shape index (κ2) is 8.84. The summed E-state index contributed by atoms with van der Waals surface area (Å²) in [7, 11) is 0. The van der Waals surface area contributed by atoms with Gasteiger partial charge in [0.1, 0.15) is 11.6 Å². The molecule has 0 spiro atoms. The number of amides is 1. The molecular formula is C23H17F2N3O4. The molecule has 0 bridgehead atoms. The van der Waals surface area contributed by atoms with Gasteiger partial charge in [0, 0.05) is 16.8 Å². The summed E-state index contributed by atoms with van der Waals surface area (Å²) >= 11 is 0. The van der Waals surface area contributed by atoms with E-state index in [2.05, 4.69) is 10.3 Å². The number of benzene rings is 3. The number of imidazole rings is 1. The molecule has 1 amide bonds. The molecule has 1 aromatic heterocycles. The Bertz CT molecular complexity index is 1290. The molecule has 0 fully saturated rings. The van der Waals surface area contributed by atoms with Gasteiger partial charge in [0.25, 0.3) is 5.91 Å². The standard InChI is InChI=1S/C23H17F2N3O4/c24-23(25)28-19-7-2-1-6-18(19)27-21(28)14-8-10-16(11-9-14)26-22(31)15-4-3-5-17(12-15)32-13-20(29)30/h1-12,23H,13H2,(H,26,31)(H,29,30). The maximum atomic E-state index is 13.7. The van der Waals surface area contributed by atoms with Gasteiger partial charge in [-0.15, -0.1) is 0 Å². The number of nitrogens with one attached hydrogen (secondary N) is 1. The zero-order valence-electron chi connectivity index (χ0n) is 16.5. The SMILES string of the molecule is O=C(O)COc1cccc(C(=O)Nc2ccc(-c3nc4ccccc4n3C(F)F)cc2)c1. The number of anilines is 1. The number of rotatable bonds is 7. The molecule has 0 saturated heterocycles. The summed E-state index contributed by atoms with van der Waals surface area (Å²) in [5, 5.41) is 11.4. The van der Waals surface area contributed by atoms with Gasteiger partial charge in [-0.2, -0.15) is 8.78 Å². The molecule has 2 N–H and O–H groups in total. The van der Waals surface area contributed by atoms with Crippen LogP contribution in [0.1, 0.15) is 16.9 Å².